The fourth-order valence-electron chi connectivity index (χ4n) is 2.56. The predicted molar refractivity (Wildman–Crippen MR) is 120 cm³/mol. The highest BCUT2D eigenvalue weighted by atomic mass is 35.5. The molecule has 0 atom stereocenters. The molecule has 30 heavy (non-hydrogen) atoms. The van der Waals surface area contributed by atoms with Gasteiger partial charge in [-0.05, 0) is 54.1 Å². The first-order chi connectivity index (χ1) is 14.4. The quantitative estimate of drug-likeness (QED) is 0.486. The number of carbonyl (C=O) groups is 3. The fraction of sp³-hybridized carbons (Fsp3) is 0.0455. The van der Waals surface area contributed by atoms with E-state index >= 15 is 0 Å². The van der Waals surface area contributed by atoms with Crippen molar-refractivity contribution in [3.05, 3.63) is 82.2 Å². The van der Waals surface area contributed by atoms with Gasteiger partial charge in [0.1, 0.15) is 0 Å². The lowest BCUT2D eigenvalue weighted by Gasteiger charge is -2.06. The Bertz CT molecular complexity index is 1110. The van der Waals surface area contributed by atoms with Crippen molar-refractivity contribution in [3.63, 3.8) is 0 Å². The molecule has 0 aliphatic heterocycles. The molecule has 1 aromatic heterocycles. The van der Waals surface area contributed by atoms with Crippen LogP contribution >= 0.6 is 22.9 Å². The van der Waals surface area contributed by atoms with Crippen LogP contribution in [0.15, 0.2) is 66.7 Å². The second-order valence-corrected chi connectivity index (χ2v) is 7.81. The van der Waals surface area contributed by atoms with E-state index in [1.54, 1.807) is 35.6 Å². The van der Waals surface area contributed by atoms with Crippen LogP contribution in [0, 0.1) is 0 Å². The van der Waals surface area contributed by atoms with E-state index in [0.717, 1.165) is 15.3 Å². The zero-order valence-electron chi connectivity index (χ0n) is 15.7. The van der Waals surface area contributed by atoms with Crippen molar-refractivity contribution in [2.45, 2.75) is 0 Å². The van der Waals surface area contributed by atoms with Crippen LogP contribution in [0.5, 0.6) is 0 Å². The van der Waals surface area contributed by atoms with Crippen molar-refractivity contribution < 1.29 is 14.4 Å². The lowest BCUT2D eigenvalue weighted by Crippen LogP contribution is -2.33. The van der Waals surface area contributed by atoms with Gasteiger partial charge in [-0.3, -0.25) is 14.4 Å². The van der Waals surface area contributed by atoms with Gasteiger partial charge in [0.05, 0.1) is 6.54 Å². The summed E-state index contributed by atoms with van der Waals surface area (Å²) in [4.78, 5) is 37.0. The van der Waals surface area contributed by atoms with E-state index in [4.69, 9.17) is 17.3 Å². The molecule has 2 aromatic carbocycles. The number of hydrogen-bond acceptors (Lipinski definition) is 4. The van der Waals surface area contributed by atoms with Crippen molar-refractivity contribution in [3.8, 4) is 10.4 Å². The molecule has 4 N–H and O–H groups in total. The molecule has 0 saturated heterocycles. The van der Waals surface area contributed by atoms with Gasteiger partial charge in [-0.15, -0.1) is 11.3 Å². The highest BCUT2D eigenvalue weighted by molar-refractivity contribution is 7.16. The van der Waals surface area contributed by atoms with Crippen LogP contribution in [0.4, 0.5) is 5.69 Å². The Morgan fingerprint density at radius 3 is 2.53 bits per heavy atom. The Morgan fingerprint density at radius 1 is 1.03 bits per heavy atom. The average molecular weight is 440 g/mol. The number of nitrogens with one attached hydrogen (secondary N) is 2. The monoisotopic (exact) mass is 439 g/mol. The van der Waals surface area contributed by atoms with Crippen molar-refractivity contribution >= 4 is 52.4 Å². The smallest absolute Gasteiger partial charge is 0.251 e. The van der Waals surface area contributed by atoms with Crippen LogP contribution < -0.4 is 16.4 Å². The van der Waals surface area contributed by atoms with E-state index in [2.05, 4.69) is 10.6 Å². The summed E-state index contributed by atoms with van der Waals surface area (Å²) in [5.74, 6) is -1.41. The third-order valence-electron chi connectivity index (χ3n) is 3.97. The first-order valence-electron chi connectivity index (χ1n) is 8.92. The van der Waals surface area contributed by atoms with Crippen molar-refractivity contribution in [2.75, 3.05) is 11.9 Å². The second kappa shape index (κ2) is 9.87. The minimum absolute atomic E-state index is 0.253. The summed E-state index contributed by atoms with van der Waals surface area (Å²) < 4.78 is 0. The third kappa shape index (κ3) is 6.04. The minimum Gasteiger partial charge on any atom is -0.368 e. The number of hydrogen-bond donors (Lipinski definition) is 3. The van der Waals surface area contributed by atoms with E-state index in [-0.39, 0.29) is 12.5 Å². The van der Waals surface area contributed by atoms with Gasteiger partial charge in [0.15, 0.2) is 0 Å². The number of rotatable bonds is 7. The van der Waals surface area contributed by atoms with E-state index < -0.39 is 11.8 Å². The molecule has 0 aliphatic rings. The third-order valence-corrected chi connectivity index (χ3v) is 5.32. The number of amides is 3. The second-order valence-electron chi connectivity index (χ2n) is 6.26. The van der Waals surface area contributed by atoms with Gasteiger partial charge >= 0.3 is 0 Å². The van der Waals surface area contributed by atoms with Crippen LogP contribution in [0.1, 0.15) is 15.2 Å². The molecule has 8 heteroatoms. The van der Waals surface area contributed by atoms with E-state index in [1.807, 2.05) is 36.4 Å². The molecule has 0 radical (unpaired) electrons. The SMILES string of the molecule is NC(=O)CNC(=O)c1cccc(NC(=O)/C=C/c2ccc(-c3ccc(Cl)cc3)s2)c1. The number of carbonyl (C=O) groups excluding carboxylic acids is 3. The number of primary amides is 1. The van der Waals surface area contributed by atoms with Crippen LogP contribution in [0.3, 0.4) is 0 Å². The molecule has 152 valence electrons. The maximum atomic E-state index is 12.2. The van der Waals surface area contributed by atoms with E-state index in [1.165, 1.54) is 12.1 Å². The van der Waals surface area contributed by atoms with Gasteiger partial charge in [-0.1, -0.05) is 29.8 Å². The van der Waals surface area contributed by atoms with Crippen molar-refractivity contribution in [1.82, 2.24) is 5.32 Å². The Hall–Kier alpha value is -3.42. The number of halogens is 1. The molecule has 6 nitrogen and oxygen atoms in total. The van der Waals surface area contributed by atoms with Crippen LogP contribution in [0.25, 0.3) is 16.5 Å². The van der Waals surface area contributed by atoms with Crippen LogP contribution in [0.2, 0.25) is 5.02 Å². The van der Waals surface area contributed by atoms with Gasteiger partial charge in [-0.2, -0.15) is 0 Å². The van der Waals surface area contributed by atoms with Crippen molar-refractivity contribution in [2.24, 2.45) is 5.73 Å². The average Bonchev–Trinajstić information content (AvgIpc) is 3.20. The van der Waals surface area contributed by atoms with E-state index in [9.17, 15) is 14.4 Å². The maximum absolute atomic E-state index is 12.2. The number of thiophene rings is 1. The van der Waals surface area contributed by atoms with Crippen LogP contribution in [-0.2, 0) is 9.59 Å². The molecule has 0 unspecified atom stereocenters. The highest BCUT2D eigenvalue weighted by Gasteiger charge is 2.08. The lowest BCUT2D eigenvalue weighted by molar-refractivity contribution is -0.117. The lowest BCUT2D eigenvalue weighted by atomic mass is 10.2. The van der Waals surface area contributed by atoms with Gasteiger partial charge in [-0.25, -0.2) is 0 Å². The zero-order chi connectivity index (χ0) is 21.5. The Labute approximate surface area is 182 Å². The first-order valence-corrected chi connectivity index (χ1v) is 10.1. The first kappa shape index (κ1) is 21.3. The van der Waals surface area contributed by atoms with Crippen LogP contribution in [-0.4, -0.2) is 24.3 Å². The zero-order valence-corrected chi connectivity index (χ0v) is 17.3. The summed E-state index contributed by atoms with van der Waals surface area (Å²) in [6, 6.07) is 17.9. The molecular formula is C22H18ClN3O3S. The molecule has 3 amide bonds. The molecule has 0 aliphatic carbocycles. The molecular weight excluding hydrogens is 422 g/mol. The number of anilines is 1. The summed E-state index contributed by atoms with van der Waals surface area (Å²) in [5.41, 5.74) is 6.84. The standard InChI is InChI=1S/C22H18ClN3O3S/c23-16-6-4-14(5-7-16)19-10-8-18(30-19)9-11-21(28)26-17-3-1-2-15(12-17)22(29)25-13-20(24)27/h1-12H,13H2,(H2,24,27)(H,25,29)(H,26,28)/b11-9+. The van der Waals surface area contributed by atoms with E-state index in [0.29, 0.717) is 16.3 Å². The Kier molecular flexibility index (Phi) is 7.00. The van der Waals surface area contributed by atoms with Gasteiger partial charge in [0.25, 0.3) is 5.91 Å². The Morgan fingerprint density at radius 2 is 1.80 bits per heavy atom. The molecule has 0 spiro atoms. The maximum Gasteiger partial charge on any atom is 0.251 e. The summed E-state index contributed by atoms with van der Waals surface area (Å²) in [5, 5.41) is 5.79. The van der Waals surface area contributed by atoms with Gasteiger partial charge < -0.3 is 16.4 Å². The van der Waals surface area contributed by atoms with Crippen molar-refractivity contribution in [1.29, 1.82) is 0 Å². The molecule has 1 heterocycles. The normalized spacial score (nSPS) is 10.7. The molecule has 3 rings (SSSR count). The Balaban J connectivity index is 1.61. The minimum atomic E-state index is -0.634. The highest BCUT2D eigenvalue weighted by Crippen LogP contribution is 2.29. The number of benzene rings is 2. The molecule has 0 fully saturated rings. The predicted octanol–water partition coefficient (Wildman–Crippen LogP) is 3.94. The molecule has 0 saturated carbocycles. The van der Waals surface area contributed by atoms with Gasteiger partial charge in [0, 0.05) is 32.1 Å². The summed E-state index contributed by atoms with van der Waals surface area (Å²) >= 11 is 7.47. The molecule has 0 bridgehead atoms. The van der Waals surface area contributed by atoms with Gasteiger partial charge in [0.2, 0.25) is 11.8 Å². The summed E-state index contributed by atoms with van der Waals surface area (Å²) in [7, 11) is 0. The molecule has 3 aromatic rings. The summed E-state index contributed by atoms with van der Waals surface area (Å²) in [6.07, 6.45) is 3.15. The number of nitrogens with two attached hydrogens (primary N) is 1. The summed E-state index contributed by atoms with van der Waals surface area (Å²) in [6.45, 7) is -0.253. The largest absolute Gasteiger partial charge is 0.368 e. The fourth-order valence-corrected chi connectivity index (χ4v) is 3.60. The topological polar surface area (TPSA) is 101 Å².